The van der Waals surface area contributed by atoms with Crippen LogP contribution in [0.2, 0.25) is 0 Å². The molecule has 0 aliphatic carbocycles. The molecule has 2 saturated heterocycles. The maximum Gasteiger partial charge on any atom is 0.272 e. The van der Waals surface area contributed by atoms with Gasteiger partial charge in [-0.1, -0.05) is 11.3 Å². The first-order valence-electron chi connectivity index (χ1n) is 6.35. The molecular weight excluding hydrogens is 302 g/mol. The summed E-state index contributed by atoms with van der Waals surface area (Å²) in [6.45, 7) is 0.788. The Morgan fingerprint density at radius 2 is 2.15 bits per heavy atom. The first kappa shape index (κ1) is 13.7. The van der Waals surface area contributed by atoms with Crippen molar-refractivity contribution in [2.75, 3.05) is 18.8 Å². The summed E-state index contributed by atoms with van der Waals surface area (Å²) in [7, 11) is -3.62. The van der Waals surface area contributed by atoms with Crippen molar-refractivity contribution in [2.24, 2.45) is 5.92 Å². The maximum atomic E-state index is 12.4. The van der Waals surface area contributed by atoms with Gasteiger partial charge in [-0.15, -0.1) is 10.2 Å². The second-order valence-corrected chi connectivity index (χ2v) is 8.15. The number of fused-ring (bicyclic) bond motifs is 1. The van der Waals surface area contributed by atoms with Gasteiger partial charge < -0.3 is 11.1 Å². The monoisotopic (exact) mass is 317 g/mol. The smallest absolute Gasteiger partial charge is 0.272 e. The molecule has 1 amide bonds. The third kappa shape index (κ3) is 2.38. The predicted molar refractivity (Wildman–Crippen MR) is 72.4 cm³/mol. The van der Waals surface area contributed by atoms with Crippen molar-refractivity contribution in [3.63, 3.8) is 0 Å². The minimum atomic E-state index is -3.62. The molecule has 2 aliphatic rings. The van der Waals surface area contributed by atoms with E-state index in [2.05, 4.69) is 15.5 Å². The molecule has 0 spiro atoms. The lowest BCUT2D eigenvalue weighted by molar-refractivity contribution is -0.124. The Balaban J connectivity index is 1.77. The van der Waals surface area contributed by atoms with E-state index in [9.17, 15) is 13.2 Å². The van der Waals surface area contributed by atoms with Crippen molar-refractivity contribution in [1.82, 2.24) is 19.8 Å². The van der Waals surface area contributed by atoms with Gasteiger partial charge >= 0.3 is 0 Å². The Bertz CT molecular complexity index is 629. The number of hydrogen-bond acceptors (Lipinski definition) is 7. The fourth-order valence-corrected chi connectivity index (χ4v) is 5.16. The van der Waals surface area contributed by atoms with E-state index >= 15 is 0 Å². The average Bonchev–Trinajstić information content (AvgIpc) is 2.85. The van der Waals surface area contributed by atoms with Crippen LogP contribution in [-0.4, -0.2) is 48.0 Å². The van der Waals surface area contributed by atoms with Crippen molar-refractivity contribution in [2.45, 2.75) is 29.6 Å². The molecule has 8 nitrogen and oxygen atoms in total. The lowest BCUT2D eigenvalue weighted by Crippen LogP contribution is -2.54. The van der Waals surface area contributed by atoms with Gasteiger partial charge in [-0.2, -0.15) is 4.31 Å². The normalized spacial score (nSPS) is 27.9. The standard InChI is InChI=1S/C10H15N5O3S2/c11-9-13-14-10(19-9)20(17,18)15-4-3-7-6(5-15)1-2-8(16)12-7/h6-7H,1-5H2,(H2,11,13)(H,12,16). The van der Waals surface area contributed by atoms with Gasteiger partial charge in [-0.3, -0.25) is 4.79 Å². The van der Waals surface area contributed by atoms with E-state index in [1.807, 2.05) is 0 Å². The molecule has 3 heterocycles. The molecule has 20 heavy (non-hydrogen) atoms. The van der Waals surface area contributed by atoms with Crippen LogP contribution >= 0.6 is 11.3 Å². The zero-order chi connectivity index (χ0) is 14.3. The highest BCUT2D eigenvalue weighted by molar-refractivity contribution is 7.91. The van der Waals surface area contributed by atoms with Crippen molar-refractivity contribution in [3.05, 3.63) is 0 Å². The van der Waals surface area contributed by atoms with Crippen LogP contribution in [0.3, 0.4) is 0 Å². The van der Waals surface area contributed by atoms with E-state index < -0.39 is 10.0 Å². The van der Waals surface area contributed by atoms with Crippen LogP contribution in [-0.2, 0) is 14.8 Å². The third-order valence-electron chi connectivity index (χ3n) is 3.77. The number of aromatic nitrogens is 2. The summed E-state index contributed by atoms with van der Waals surface area (Å²) in [6, 6.07) is 0.0854. The summed E-state index contributed by atoms with van der Waals surface area (Å²) < 4.78 is 26.2. The first-order chi connectivity index (χ1) is 9.46. The van der Waals surface area contributed by atoms with Crippen molar-refractivity contribution in [1.29, 1.82) is 0 Å². The van der Waals surface area contributed by atoms with Gasteiger partial charge in [0.1, 0.15) is 0 Å². The number of carbonyl (C=O) groups is 1. The molecule has 0 aromatic carbocycles. The minimum absolute atomic E-state index is 0.0551. The fourth-order valence-electron chi connectivity index (χ4n) is 2.73. The highest BCUT2D eigenvalue weighted by atomic mass is 32.2. The van der Waals surface area contributed by atoms with Gasteiger partial charge in [0, 0.05) is 25.6 Å². The quantitative estimate of drug-likeness (QED) is 0.752. The van der Waals surface area contributed by atoms with Crippen LogP contribution in [0.5, 0.6) is 0 Å². The Morgan fingerprint density at radius 3 is 2.85 bits per heavy atom. The summed E-state index contributed by atoms with van der Waals surface area (Å²) in [5.41, 5.74) is 5.44. The fraction of sp³-hybridized carbons (Fsp3) is 0.700. The van der Waals surface area contributed by atoms with E-state index in [1.165, 1.54) is 4.31 Å². The van der Waals surface area contributed by atoms with E-state index in [4.69, 9.17) is 5.73 Å². The summed E-state index contributed by atoms with van der Waals surface area (Å²) in [6.07, 6.45) is 1.81. The van der Waals surface area contributed by atoms with Gasteiger partial charge in [-0.25, -0.2) is 8.42 Å². The van der Waals surface area contributed by atoms with Crippen molar-refractivity contribution < 1.29 is 13.2 Å². The molecule has 2 aliphatic heterocycles. The van der Waals surface area contributed by atoms with E-state index in [1.54, 1.807) is 0 Å². The summed E-state index contributed by atoms with van der Waals surface area (Å²) in [4.78, 5) is 11.3. The van der Waals surface area contributed by atoms with Crippen LogP contribution < -0.4 is 11.1 Å². The van der Waals surface area contributed by atoms with Gasteiger partial charge in [-0.05, 0) is 18.8 Å². The second-order valence-electron chi connectivity index (χ2n) is 5.03. The number of nitrogens with zero attached hydrogens (tertiary/aromatic N) is 3. The number of carbonyl (C=O) groups excluding carboxylic acids is 1. The Kier molecular flexibility index (Phi) is 3.38. The number of sulfonamides is 1. The minimum Gasteiger partial charge on any atom is -0.374 e. The molecule has 0 radical (unpaired) electrons. The highest BCUT2D eigenvalue weighted by Gasteiger charge is 2.39. The average molecular weight is 317 g/mol. The van der Waals surface area contributed by atoms with Crippen molar-refractivity contribution >= 4 is 32.4 Å². The molecule has 110 valence electrons. The summed E-state index contributed by atoms with van der Waals surface area (Å²) >= 11 is 0.874. The number of rotatable bonds is 2. The van der Waals surface area contributed by atoms with Crippen LogP contribution in [0.1, 0.15) is 19.3 Å². The van der Waals surface area contributed by atoms with Crippen molar-refractivity contribution in [3.8, 4) is 0 Å². The summed E-state index contributed by atoms with van der Waals surface area (Å²) in [5.74, 6) is 0.223. The lowest BCUT2D eigenvalue weighted by atomic mass is 9.86. The SMILES string of the molecule is Nc1nnc(S(=O)(=O)N2CCC3NC(=O)CCC3C2)s1. The molecule has 1 aromatic heterocycles. The number of piperidine rings is 2. The van der Waals surface area contributed by atoms with Crippen LogP contribution in [0, 0.1) is 5.92 Å². The number of nitrogens with two attached hydrogens (primary N) is 1. The van der Waals surface area contributed by atoms with Crippen LogP contribution in [0.4, 0.5) is 5.13 Å². The largest absolute Gasteiger partial charge is 0.374 e. The second kappa shape index (κ2) is 4.93. The topological polar surface area (TPSA) is 118 Å². The molecule has 0 bridgehead atoms. The van der Waals surface area contributed by atoms with Gasteiger partial charge in [0.15, 0.2) is 0 Å². The third-order valence-corrected chi connectivity index (χ3v) is 6.73. The van der Waals surface area contributed by atoms with E-state index in [0.717, 1.165) is 17.8 Å². The molecule has 1 aromatic rings. The maximum absolute atomic E-state index is 12.4. The molecule has 2 unspecified atom stereocenters. The molecule has 3 rings (SSSR count). The van der Waals surface area contributed by atoms with Gasteiger partial charge in [0.2, 0.25) is 15.4 Å². The van der Waals surface area contributed by atoms with E-state index in [-0.39, 0.29) is 27.3 Å². The zero-order valence-electron chi connectivity index (χ0n) is 10.7. The summed E-state index contributed by atoms with van der Waals surface area (Å²) in [5, 5.41) is 10.2. The van der Waals surface area contributed by atoms with Gasteiger partial charge in [0.05, 0.1) is 0 Å². The van der Waals surface area contributed by atoms with Gasteiger partial charge in [0.25, 0.3) is 10.0 Å². The highest BCUT2D eigenvalue weighted by Crippen LogP contribution is 2.30. The molecule has 2 fully saturated rings. The molecular formula is C10H15N5O3S2. The van der Waals surface area contributed by atoms with Crippen LogP contribution in [0.15, 0.2) is 4.34 Å². The Morgan fingerprint density at radius 1 is 1.35 bits per heavy atom. The number of anilines is 1. The number of amides is 1. The Labute approximate surface area is 120 Å². The molecule has 0 saturated carbocycles. The first-order valence-corrected chi connectivity index (χ1v) is 8.61. The molecule has 2 atom stereocenters. The zero-order valence-corrected chi connectivity index (χ0v) is 12.3. The Hall–Kier alpha value is -1.26. The number of nitrogen functional groups attached to an aromatic ring is 1. The lowest BCUT2D eigenvalue weighted by Gasteiger charge is -2.40. The van der Waals surface area contributed by atoms with Crippen LogP contribution in [0.25, 0.3) is 0 Å². The van der Waals surface area contributed by atoms with E-state index in [0.29, 0.717) is 25.9 Å². The number of hydrogen-bond donors (Lipinski definition) is 2. The molecule has 10 heteroatoms. The predicted octanol–water partition coefficient (Wildman–Crippen LogP) is -0.591. The number of nitrogens with one attached hydrogen (secondary N) is 1. The molecule has 3 N–H and O–H groups in total.